The molecule has 140 valence electrons. The lowest BCUT2D eigenvalue weighted by Gasteiger charge is -2.36. The predicted octanol–water partition coefficient (Wildman–Crippen LogP) is 3.69. The van der Waals surface area contributed by atoms with Crippen molar-refractivity contribution in [3.8, 4) is 0 Å². The summed E-state index contributed by atoms with van der Waals surface area (Å²) in [5.41, 5.74) is 2.81. The van der Waals surface area contributed by atoms with Crippen molar-refractivity contribution in [3.63, 3.8) is 0 Å². The zero-order valence-electron chi connectivity index (χ0n) is 15.5. The highest BCUT2D eigenvalue weighted by Gasteiger charge is 2.40. The largest absolute Gasteiger partial charge is 0.748 e. The average Bonchev–Trinajstić information content (AvgIpc) is 2.57. The molecule has 0 radical (unpaired) electrons. The lowest BCUT2D eigenvalue weighted by molar-refractivity contribution is -0.535. The second-order valence-corrected chi connectivity index (χ2v) is 8.81. The molecule has 5 heteroatoms. The molecule has 0 saturated heterocycles. The van der Waals surface area contributed by atoms with Crippen LogP contribution in [0.2, 0.25) is 0 Å². The van der Waals surface area contributed by atoms with Gasteiger partial charge in [0.05, 0.1) is 15.5 Å². The third-order valence-corrected chi connectivity index (χ3v) is 6.01. The fourth-order valence-electron chi connectivity index (χ4n) is 3.98. The van der Waals surface area contributed by atoms with Crippen molar-refractivity contribution in [1.29, 1.82) is 0 Å². The summed E-state index contributed by atoms with van der Waals surface area (Å²) < 4.78 is 34.9. The maximum absolute atomic E-state index is 10.9. The van der Waals surface area contributed by atoms with Crippen LogP contribution >= 0.6 is 0 Å². The van der Waals surface area contributed by atoms with E-state index in [0.717, 1.165) is 19.4 Å². The number of fused-ring (bicyclic) bond motifs is 1. The van der Waals surface area contributed by atoms with E-state index >= 15 is 0 Å². The van der Waals surface area contributed by atoms with Gasteiger partial charge in [-0.1, -0.05) is 57.7 Å². The van der Waals surface area contributed by atoms with Crippen molar-refractivity contribution in [3.05, 3.63) is 35.4 Å². The number of benzene rings is 1. The highest BCUT2D eigenvalue weighted by molar-refractivity contribution is 7.85. The highest BCUT2D eigenvalue weighted by Crippen LogP contribution is 2.39. The normalized spacial score (nSPS) is 16.4. The van der Waals surface area contributed by atoms with E-state index in [1.807, 2.05) is 0 Å². The minimum Gasteiger partial charge on any atom is -0.748 e. The SMILES string of the molecule is CCCCC1(CCCC)C[N+](CCCS(=O)(=O)[O-])=Cc2ccccc21. The Morgan fingerprint density at radius 3 is 2.32 bits per heavy atom. The number of nitrogens with zero attached hydrogens (tertiary/aromatic N) is 1. The standard InChI is InChI=1S/C20H31NO3S/c1-3-5-12-20(13-6-4-2)17-21(14-9-15-25(22,23)24)16-18-10-7-8-11-19(18)20/h7-8,10-11,16H,3-6,9,12-15,17H2,1-2H3. The summed E-state index contributed by atoms with van der Waals surface area (Å²) in [7, 11) is -4.13. The maximum Gasteiger partial charge on any atom is 0.171 e. The van der Waals surface area contributed by atoms with E-state index < -0.39 is 10.1 Å². The van der Waals surface area contributed by atoms with Gasteiger partial charge >= 0.3 is 0 Å². The van der Waals surface area contributed by atoms with Gasteiger partial charge in [-0.2, -0.15) is 0 Å². The Hall–Kier alpha value is -1.20. The molecule has 0 aliphatic carbocycles. The van der Waals surface area contributed by atoms with Crippen LogP contribution in [0, 0.1) is 0 Å². The van der Waals surface area contributed by atoms with Gasteiger partial charge in [0.15, 0.2) is 12.8 Å². The Bertz CT molecular complexity index is 687. The molecule has 1 heterocycles. The molecule has 0 amide bonds. The second-order valence-electron chi connectivity index (χ2n) is 7.29. The van der Waals surface area contributed by atoms with E-state index in [9.17, 15) is 13.0 Å². The van der Waals surface area contributed by atoms with Gasteiger partial charge in [-0.15, -0.1) is 0 Å². The Labute approximate surface area is 152 Å². The maximum atomic E-state index is 10.9. The van der Waals surface area contributed by atoms with Gasteiger partial charge < -0.3 is 4.55 Å². The lowest BCUT2D eigenvalue weighted by atomic mass is 9.69. The fraction of sp³-hybridized carbons (Fsp3) is 0.650. The number of hydrogen-bond donors (Lipinski definition) is 0. The van der Waals surface area contributed by atoms with Gasteiger partial charge in [-0.05, 0) is 24.5 Å². The molecule has 1 aromatic carbocycles. The molecule has 0 aromatic heterocycles. The van der Waals surface area contributed by atoms with Crippen LogP contribution in [0.3, 0.4) is 0 Å². The number of rotatable bonds is 10. The van der Waals surface area contributed by atoms with Gasteiger partial charge in [-0.3, -0.25) is 0 Å². The summed E-state index contributed by atoms with van der Waals surface area (Å²) in [4.78, 5) is 0. The quantitative estimate of drug-likeness (QED) is 0.469. The van der Waals surface area contributed by atoms with Gasteiger partial charge in [0.25, 0.3) is 0 Å². The average molecular weight is 366 g/mol. The summed E-state index contributed by atoms with van der Waals surface area (Å²) in [6, 6.07) is 8.60. The first-order valence-corrected chi connectivity index (χ1v) is 11.1. The molecule has 1 aromatic rings. The van der Waals surface area contributed by atoms with Crippen LogP contribution in [0.15, 0.2) is 24.3 Å². The van der Waals surface area contributed by atoms with Crippen molar-refractivity contribution in [2.45, 2.75) is 64.2 Å². The van der Waals surface area contributed by atoms with Crippen LogP contribution in [0.5, 0.6) is 0 Å². The van der Waals surface area contributed by atoms with Crippen molar-refractivity contribution >= 4 is 16.3 Å². The van der Waals surface area contributed by atoms with E-state index in [1.54, 1.807) is 0 Å². The molecule has 0 fully saturated rings. The zero-order valence-corrected chi connectivity index (χ0v) is 16.4. The Morgan fingerprint density at radius 1 is 1.08 bits per heavy atom. The first-order chi connectivity index (χ1) is 11.9. The smallest absolute Gasteiger partial charge is 0.171 e. The summed E-state index contributed by atoms with van der Waals surface area (Å²) in [6.45, 7) is 6.00. The topological polar surface area (TPSA) is 60.2 Å². The molecular formula is C20H31NO3S. The molecule has 0 spiro atoms. The second kappa shape index (κ2) is 8.95. The molecule has 25 heavy (non-hydrogen) atoms. The number of unbranched alkanes of at least 4 members (excludes halogenated alkanes) is 2. The molecule has 4 nitrogen and oxygen atoms in total. The molecular weight excluding hydrogens is 334 g/mol. The molecule has 0 unspecified atom stereocenters. The molecule has 1 aliphatic heterocycles. The molecule has 0 atom stereocenters. The minimum atomic E-state index is -4.13. The zero-order chi connectivity index (χ0) is 18.3. The Kier molecular flexibility index (Phi) is 7.20. The fourth-order valence-corrected chi connectivity index (χ4v) is 4.46. The van der Waals surface area contributed by atoms with Gasteiger partial charge in [0.1, 0.15) is 6.54 Å². The first kappa shape index (κ1) is 20.1. The summed E-state index contributed by atoms with van der Waals surface area (Å²) >= 11 is 0. The van der Waals surface area contributed by atoms with Crippen LogP contribution in [0.4, 0.5) is 0 Å². The highest BCUT2D eigenvalue weighted by atomic mass is 32.2. The van der Waals surface area contributed by atoms with E-state index in [2.05, 4.69) is 48.9 Å². The molecule has 1 aliphatic rings. The van der Waals surface area contributed by atoms with Crippen LogP contribution in [-0.2, 0) is 15.5 Å². The predicted molar refractivity (Wildman–Crippen MR) is 102 cm³/mol. The van der Waals surface area contributed by atoms with E-state index in [0.29, 0.717) is 13.0 Å². The van der Waals surface area contributed by atoms with Gasteiger partial charge in [-0.25, -0.2) is 13.0 Å². The molecule has 2 rings (SSSR count). The van der Waals surface area contributed by atoms with E-state index in [-0.39, 0.29) is 11.2 Å². The van der Waals surface area contributed by atoms with E-state index in [1.165, 1.54) is 36.8 Å². The van der Waals surface area contributed by atoms with Gasteiger partial charge in [0.2, 0.25) is 0 Å². The Balaban J connectivity index is 2.28. The van der Waals surface area contributed by atoms with Crippen molar-refractivity contribution in [1.82, 2.24) is 0 Å². The molecule has 0 saturated carbocycles. The lowest BCUT2D eigenvalue weighted by Crippen LogP contribution is -2.42. The van der Waals surface area contributed by atoms with Crippen LogP contribution < -0.4 is 0 Å². The monoisotopic (exact) mass is 365 g/mol. The minimum absolute atomic E-state index is 0.133. The first-order valence-electron chi connectivity index (χ1n) is 9.52. The molecule has 0 bridgehead atoms. The van der Waals surface area contributed by atoms with Crippen molar-refractivity contribution < 1.29 is 17.5 Å². The van der Waals surface area contributed by atoms with Gasteiger partial charge in [0, 0.05) is 17.7 Å². The third-order valence-electron chi connectivity index (χ3n) is 5.22. The van der Waals surface area contributed by atoms with Crippen molar-refractivity contribution in [2.75, 3.05) is 18.8 Å². The van der Waals surface area contributed by atoms with Crippen LogP contribution in [0.1, 0.15) is 69.9 Å². The summed E-state index contributed by atoms with van der Waals surface area (Å²) in [5.74, 6) is -0.282. The Morgan fingerprint density at radius 2 is 1.72 bits per heavy atom. The van der Waals surface area contributed by atoms with E-state index in [4.69, 9.17) is 0 Å². The summed E-state index contributed by atoms with van der Waals surface area (Å²) in [6.07, 6.45) is 9.59. The number of hydrogen-bond acceptors (Lipinski definition) is 3. The third kappa shape index (κ3) is 5.65. The molecule has 0 N–H and O–H groups in total. The van der Waals surface area contributed by atoms with Crippen LogP contribution in [-0.4, -0.2) is 42.6 Å². The van der Waals surface area contributed by atoms with Crippen molar-refractivity contribution in [2.24, 2.45) is 0 Å². The van der Waals surface area contributed by atoms with Crippen LogP contribution in [0.25, 0.3) is 0 Å². The summed E-state index contributed by atoms with van der Waals surface area (Å²) in [5, 5.41) is 0.